The lowest BCUT2D eigenvalue weighted by Gasteiger charge is -1.93. The minimum absolute atomic E-state index is 0.278. The Bertz CT molecular complexity index is 275. The molecule has 1 aromatic rings. The largest absolute Gasteiger partial charge is 0.290 e. The lowest BCUT2D eigenvalue weighted by molar-refractivity contribution is -0.115. The van der Waals surface area contributed by atoms with Gasteiger partial charge in [-0.15, -0.1) is 11.3 Å². The molecule has 0 radical (unpaired) electrons. The standard InChI is InChI=1S/C9H10O2S/c1-2-4-7(10)9(11)8-5-3-6-12-8/h3,5-6H,2,4H2,1H3. The molecule has 0 saturated carbocycles. The molecule has 0 atom stereocenters. The molecular weight excluding hydrogens is 172 g/mol. The lowest BCUT2D eigenvalue weighted by Crippen LogP contribution is -2.11. The van der Waals surface area contributed by atoms with E-state index in [2.05, 4.69) is 0 Å². The molecule has 0 N–H and O–H groups in total. The van der Waals surface area contributed by atoms with Crippen LogP contribution in [-0.2, 0) is 4.79 Å². The highest BCUT2D eigenvalue weighted by atomic mass is 32.1. The van der Waals surface area contributed by atoms with Crippen LogP contribution in [0.25, 0.3) is 0 Å². The van der Waals surface area contributed by atoms with Gasteiger partial charge in [0.2, 0.25) is 11.6 Å². The summed E-state index contributed by atoms with van der Waals surface area (Å²) in [5, 5.41) is 1.80. The van der Waals surface area contributed by atoms with Crippen molar-refractivity contribution in [2.45, 2.75) is 19.8 Å². The zero-order valence-corrected chi connectivity index (χ0v) is 7.69. The minimum atomic E-state index is -0.341. The number of carbonyl (C=O) groups is 2. The Balaban J connectivity index is 2.66. The first-order valence-corrected chi connectivity index (χ1v) is 4.74. The smallest absolute Gasteiger partial charge is 0.238 e. The molecule has 0 spiro atoms. The van der Waals surface area contributed by atoms with Crippen LogP contribution in [0, 0.1) is 0 Å². The van der Waals surface area contributed by atoms with E-state index in [-0.39, 0.29) is 11.6 Å². The molecule has 0 aliphatic heterocycles. The average Bonchev–Trinajstić information content (AvgIpc) is 2.55. The molecule has 1 rings (SSSR count). The van der Waals surface area contributed by atoms with Crippen molar-refractivity contribution in [1.29, 1.82) is 0 Å². The van der Waals surface area contributed by atoms with E-state index in [4.69, 9.17) is 0 Å². The predicted molar refractivity (Wildman–Crippen MR) is 48.6 cm³/mol. The van der Waals surface area contributed by atoms with E-state index in [0.29, 0.717) is 11.3 Å². The van der Waals surface area contributed by atoms with Crippen molar-refractivity contribution in [3.8, 4) is 0 Å². The maximum atomic E-state index is 11.3. The van der Waals surface area contributed by atoms with Crippen LogP contribution in [0.5, 0.6) is 0 Å². The summed E-state index contributed by atoms with van der Waals surface area (Å²) >= 11 is 1.31. The zero-order valence-electron chi connectivity index (χ0n) is 6.87. The summed E-state index contributed by atoms with van der Waals surface area (Å²) in [4.78, 5) is 22.9. The van der Waals surface area contributed by atoms with E-state index < -0.39 is 0 Å². The Morgan fingerprint density at radius 2 is 2.25 bits per heavy atom. The van der Waals surface area contributed by atoms with Crippen LogP contribution in [-0.4, -0.2) is 11.6 Å². The number of hydrogen-bond acceptors (Lipinski definition) is 3. The maximum Gasteiger partial charge on any atom is 0.238 e. The van der Waals surface area contributed by atoms with Crippen LogP contribution >= 0.6 is 11.3 Å². The molecule has 0 bridgehead atoms. The molecule has 2 nitrogen and oxygen atoms in total. The van der Waals surface area contributed by atoms with E-state index in [1.807, 2.05) is 6.92 Å². The minimum Gasteiger partial charge on any atom is -0.290 e. The topological polar surface area (TPSA) is 34.1 Å². The highest BCUT2D eigenvalue weighted by Gasteiger charge is 2.15. The lowest BCUT2D eigenvalue weighted by atomic mass is 10.1. The molecule has 0 amide bonds. The van der Waals surface area contributed by atoms with Gasteiger partial charge in [-0.2, -0.15) is 0 Å². The summed E-state index contributed by atoms with van der Waals surface area (Å²) in [7, 11) is 0. The summed E-state index contributed by atoms with van der Waals surface area (Å²) < 4.78 is 0. The Kier molecular flexibility index (Phi) is 3.17. The fourth-order valence-corrected chi connectivity index (χ4v) is 1.57. The van der Waals surface area contributed by atoms with Crippen LogP contribution in [0.3, 0.4) is 0 Å². The first-order chi connectivity index (χ1) is 5.75. The van der Waals surface area contributed by atoms with Crippen LogP contribution in [0.15, 0.2) is 17.5 Å². The number of carbonyl (C=O) groups excluding carboxylic acids is 2. The Hall–Kier alpha value is -0.960. The molecule has 0 fully saturated rings. The van der Waals surface area contributed by atoms with Gasteiger partial charge in [-0.3, -0.25) is 9.59 Å². The summed E-state index contributed by atoms with van der Waals surface area (Å²) in [6.07, 6.45) is 1.09. The van der Waals surface area contributed by atoms with Crippen molar-refractivity contribution < 1.29 is 9.59 Å². The first kappa shape index (κ1) is 9.13. The van der Waals surface area contributed by atoms with Crippen molar-refractivity contribution >= 4 is 22.9 Å². The van der Waals surface area contributed by atoms with Gasteiger partial charge in [-0.1, -0.05) is 13.0 Å². The van der Waals surface area contributed by atoms with E-state index in [1.54, 1.807) is 17.5 Å². The monoisotopic (exact) mass is 182 g/mol. The van der Waals surface area contributed by atoms with E-state index >= 15 is 0 Å². The second-order valence-electron chi connectivity index (χ2n) is 2.48. The third-order valence-corrected chi connectivity index (χ3v) is 2.34. The van der Waals surface area contributed by atoms with Gasteiger partial charge in [0.15, 0.2) is 0 Å². The number of Topliss-reactive ketones (excluding diaryl/α,β-unsaturated/α-hetero) is 2. The van der Waals surface area contributed by atoms with E-state index in [0.717, 1.165) is 6.42 Å². The van der Waals surface area contributed by atoms with Gasteiger partial charge in [0.05, 0.1) is 4.88 Å². The quantitative estimate of drug-likeness (QED) is 0.529. The first-order valence-electron chi connectivity index (χ1n) is 3.86. The molecule has 12 heavy (non-hydrogen) atoms. The maximum absolute atomic E-state index is 11.3. The Morgan fingerprint density at radius 1 is 1.50 bits per heavy atom. The molecule has 0 aromatic carbocycles. The summed E-state index contributed by atoms with van der Waals surface area (Å²) in [6.45, 7) is 1.89. The molecule has 3 heteroatoms. The van der Waals surface area contributed by atoms with Crippen molar-refractivity contribution in [3.05, 3.63) is 22.4 Å². The van der Waals surface area contributed by atoms with Gasteiger partial charge < -0.3 is 0 Å². The third kappa shape index (κ3) is 2.01. The Labute approximate surface area is 75.2 Å². The Morgan fingerprint density at radius 3 is 2.75 bits per heavy atom. The van der Waals surface area contributed by atoms with Gasteiger partial charge in [0, 0.05) is 6.42 Å². The molecule has 1 aromatic heterocycles. The fourth-order valence-electron chi connectivity index (χ4n) is 0.886. The fraction of sp³-hybridized carbons (Fsp3) is 0.333. The number of ketones is 2. The molecule has 0 aliphatic carbocycles. The van der Waals surface area contributed by atoms with Gasteiger partial charge in [0.25, 0.3) is 0 Å². The van der Waals surface area contributed by atoms with Gasteiger partial charge >= 0.3 is 0 Å². The molecular formula is C9H10O2S. The summed E-state index contributed by atoms with van der Waals surface area (Å²) in [6, 6.07) is 3.46. The van der Waals surface area contributed by atoms with Crippen molar-refractivity contribution in [2.75, 3.05) is 0 Å². The van der Waals surface area contributed by atoms with E-state index in [9.17, 15) is 9.59 Å². The molecule has 64 valence electrons. The third-order valence-electron chi connectivity index (χ3n) is 1.48. The highest BCUT2D eigenvalue weighted by molar-refractivity contribution is 7.13. The van der Waals surface area contributed by atoms with Crippen molar-refractivity contribution in [1.82, 2.24) is 0 Å². The predicted octanol–water partition coefficient (Wildman–Crippen LogP) is 2.30. The molecule has 1 heterocycles. The van der Waals surface area contributed by atoms with E-state index in [1.165, 1.54) is 11.3 Å². The second kappa shape index (κ2) is 4.16. The highest BCUT2D eigenvalue weighted by Crippen LogP contribution is 2.10. The van der Waals surface area contributed by atoms with Crippen LogP contribution < -0.4 is 0 Å². The zero-order chi connectivity index (χ0) is 8.97. The summed E-state index contributed by atoms with van der Waals surface area (Å²) in [5.74, 6) is -0.619. The molecule has 0 saturated heterocycles. The normalized spacial score (nSPS) is 9.75. The number of thiophene rings is 1. The van der Waals surface area contributed by atoms with Gasteiger partial charge in [-0.25, -0.2) is 0 Å². The van der Waals surface area contributed by atoms with Crippen molar-refractivity contribution in [3.63, 3.8) is 0 Å². The van der Waals surface area contributed by atoms with Crippen molar-refractivity contribution in [2.24, 2.45) is 0 Å². The second-order valence-corrected chi connectivity index (χ2v) is 3.43. The van der Waals surface area contributed by atoms with Crippen LogP contribution in [0.1, 0.15) is 29.4 Å². The molecule has 0 unspecified atom stereocenters. The van der Waals surface area contributed by atoms with Crippen LogP contribution in [0.2, 0.25) is 0 Å². The number of hydrogen-bond donors (Lipinski definition) is 0. The van der Waals surface area contributed by atoms with Gasteiger partial charge in [-0.05, 0) is 17.9 Å². The molecule has 0 aliphatic rings. The average molecular weight is 182 g/mol. The SMILES string of the molecule is CCCC(=O)C(=O)c1cccs1. The van der Waals surface area contributed by atoms with Crippen LogP contribution in [0.4, 0.5) is 0 Å². The summed E-state index contributed by atoms with van der Waals surface area (Å²) in [5.41, 5.74) is 0. The van der Waals surface area contributed by atoms with Gasteiger partial charge in [0.1, 0.15) is 0 Å². The number of rotatable bonds is 4.